The summed E-state index contributed by atoms with van der Waals surface area (Å²) in [6, 6.07) is 10.6. The molecular weight excluding hydrogens is 246 g/mol. The third kappa shape index (κ3) is 2.50. The Balaban J connectivity index is 1.70. The standard InChI is InChI=1S/C17H23N3/c18-11-15(17(19)14-5-2-1-3-6-14)12-20-10-9-13-7-4-8-16(13)20/h1-3,5-6,11,13,16,19H,4,7-10,12,18H2/b15-11-,19-17?/t13-,16?/m1/s1. The maximum Gasteiger partial charge on any atom is 0.0671 e. The molecule has 0 aromatic heterocycles. The predicted molar refractivity (Wildman–Crippen MR) is 82.9 cm³/mol. The SMILES string of the molecule is N=C(/C(=C\N)CN1CC[C@H]2CCCC21)c1ccccc1. The van der Waals surface area contributed by atoms with Crippen molar-refractivity contribution < 1.29 is 0 Å². The number of nitrogens with zero attached hydrogens (tertiary/aromatic N) is 1. The molecule has 1 aromatic carbocycles. The lowest BCUT2D eigenvalue weighted by molar-refractivity contribution is 0.263. The normalized spacial score (nSPS) is 26.7. The first-order valence-corrected chi connectivity index (χ1v) is 7.58. The minimum absolute atomic E-state index is 0.564. The Hall–Kier alpha value is -1.61. The van der Waals surface area contributed by atoms with Gasteiger partial charge >= 0.3 is 0 Å². The van der Waals surface area contributed by atoms with E-state index in [1.165, 1.54) is 25.7 Å². The number of nitrogens with one attached hydrogen (secondary N) is 1. The number of fused-ring (bicyclic) bond motifs is 1. The van der Waals surface area contributed by atoms with Crippen molar-refractivity contribution in [1.82, 2.24) is 4.90 Å². The zero-order chi connectivity index (χ0) is 13.9. The van der Waals surface area contributed by atoms with Crippen molar-refractivity contribution >= 4 is 5.71 Å². The van der Waals surface area contributed by atoms with Crippen molar-refractivity contribution in [2.24, 2.45) is 11.7 Å². The Labute approximate surface area is 121 Å². The van der Waals surface area contributed by atoms with Crippen molar-refractivity contribution in [2.75, 3.05) is 13.1 Å². The molecule has 3 rings (SSSR count). The van der Waals surface area contributed by atoms with Gasteiger partial charge in [0.1, 0.15) is 0 Å². The van der Waals surface area contributed by atoms with E-state index in [4.69, 9.17) is 11.1 Å². The molecule has 1 saturated heterocycles. The van der Waals surface area contributed by atoms with Crippen molar-refractivity contribution in [3.05, 3.63) is 47.7 Å². The van der Waals surface area contributed by atoms with Crippen molar-refractivity contribution in [3.63, 3.8) is 0 Å². The first kappa shape index (κ1) is 13.4. The summed E-state index contributed by atoms with van der Waals surface area (Å²) in [5, 5.41) is 8.36. The van der Waals surface area contributed by atoms with Gasteiger partial charge in [0.05, 0.1) is 5.71 Å². The number of rotatable bonds is 4. The third-order valence-electron chi connectivity index (χ3n) is 4.83. The van der Waals surface area contributed by atoms with Crippen LogP contribution < -0.4 is 5.73 Å². The van der Waals surface area contributed by atoms with Crippen LogP contribution in [0.15, 0.2) is 42.1 Å². The average molecular weight is 269 g/mol. The molecular formula is C17H23N3. The lowest BCUT2D eigenvalue weighted by Crippen LogP contribution is -2.33. The topological polar surface area (TPSA) is 53.1 Å². The second-order valence-electron chi connectivity index (χ2n) is 5.95. The Bertz CT molecular complexity index is 506. The molecule has 1 unspecified atom stereocenters. The number of hydrogen-bond acceptors (Lipinski definition) is 3. The Kier molecular flexibility index (Phi) is 3.88. The van der Waals surface area contributed by atoms with Gasteiger partial charge in [0, 0.05) is 24.4 Å². The summed E-state index contributed by atoms with van der Waals surface area (Å²) in [4.78, 5) is 2.54. The highest BCUT2D eigenvalue weighted by molar-refractivity contribution is 6.10. The van der Waals surface area contributed by atoms with Gasteiger partial charge in [0.25, 0.3) is 0 Å². The molecule has 1 saturated carbocycles. The van der Waals surface area contributed by atoms with Crippen LogP contribution in [0.3, 0.4) is 0 Å². The minimum atomic E-state index is 0.564. The number of hydrogen-bond donors (Lipinski definition) is 2. The summed E-state index contributed by atoms with van der Waals surface area (Å²) in [7, 11) is 0. The largest absolute Gasteiger partial charge is 0.404 e. The summed E-state index contributed by atoms with van der Waals surface area (Å²) in [6.07, 6.45) is 7.02. The smallest absolute Gasteiger partial charge is 0.0671 e. The second-order valence-corrected chi connectivity index (χ2v) is 5.95. The summed E-state index contributed by atoms with van der Waals surface area (Å²) < 4.78 is 0. The summed E-state index contributed by atoms with van der Waals surface area (Å²) >= 11 is 0. The summed E-state index contributed by atoms with van der Waals surface area (Å²) in [5.74, 6) is 0.889. The Morgan fingerprint density at radius 2 is 2.05 bits per heavy atom. The third-order valence-corrected chi connectivity index (χ3v) is 4.83. The van der Waals surface area contributed by atoms with Crippen LogP contribution in [0.5, 0.6) is 0 Å². The number of benzene rings is 1. The van der Waals surface area contributed by atoms with Gasteiger partial charge in [0.15, 0.2) is 0 Å². The molecule has 3 N–H and O–H groups in total. The van der Waals surface area contributed by atoms with Gasteiger partial charge in [-0.1, -0.05) is 36.8 Å². The van der Waals surface area contributed by atoms with Gasteiger partial charge in [-0.05, 0) is 37.3 Å². The molecule has 1 aromatic rings. The van der Waals surface area contributed by atoms with Crippen LogP contribution in [-0.2, 0) is 0 Å². The van der Waals surface area contributed by atoms with Crippen LogP contribution in [0.25, 0.3) is 0 Å². The molecule has 2 atom stereocenters. The van der Waals surface area contributed by atoms with Gasteiger partial charge in [0.2, 0.25) is 0 Å². The van der Waals surface area contributed by atoms with Crippen LogP contribution in [-0.4, -0.2) is 29.7 Å². The van der Waals surface area contributed by atoms with E-state index in [0.29, 0.717) is 5.71 Å². The van der Waals surface area contributed by atoms with Crippen LogP contribution in [0.1, 0.15) is 31.2 Å². The zero-order valence-electron chi connectivity index (χ0n) is 11.9. The van der Waals surface area contributed by atoms with Gasteiger partial charge in [-0.15, -0.1) is 0 Å². The van der Waals surface area contributed by atoms with E-state index in [-0.39, 0.29) is 0 Å². The molecule has 1 aliphatic heterocycles. The highest BCUT2D eigenvalue weighted by atomic mass is 15.2. The van der Waals surface area contributed by atoms with Gasteiger partial charge < -0.3 is 5.73 Å². The molecule has 20 heavy (non-hydrogen) atoms. The quantitative estimate of drug-likeness (QED) is 0.826. The fourth-order valence-corrected chi connectivity index (χ4v) is 3.75. The first-order chi connectivity index (χ1) is 9.79. The summed E-state index contributed by atoms with van der Waals surface area (Å²) in [6.45, 7) is 1.99. The van der Waals surface area contributed by atoms with Gasteiger partial charge in [-0.25, -0.2) is 0 Å². The maximum absolute atomic E-state index is 8.36. The first-order valence-electron chi connectivity index (χ1n) is 7.58. The van der Waals surface area contributed by atoms with Crippen LogP contribution in [0.2, 0.25) is 0 Å². The number of nitrogens with two attached hydrogens (primary N) is 1. The highest BCUT2D eigenvalue weighted by Gasteiger charge is 2.37. The average Bonchev–Trinajstić information content (AvgIpc) is 3.09. The lowest BCUT2D eigenvalue weighted by atomic mass is 10.0. The maximum atomic E-state index is 8.36. The zero-order valence-corrected chi connectivity index (χ0v) is 11.9. The molecule has 0 spiro atoms. The van der Waals surface area contributed by atoms with E-state index >= 15 is 0 Å². The lowest BCUT2D eigenvalue weighted by Gasteiger charge is -2.25. The van der Waals surface area contributed by atoms with Crippen LogP contribution in [0, 0.1) is 11.3 Å². The van der Waals surface area contributed by atoms with Crippen molar-refractivity contribution in [2.45, 2.75) is 31.7 Å². The molecule has 3 heteroatoms. The van der Waals surface area contributed by atoms with Gasteiger partial charge in [-0.3, -0.25) is 10.3 Å². The summed E-state index contributed by atoms with van der Waals surface area (Å²) in [5.41, 5.74) is 8.26. The molecule has 3 nitrogen and oxygen atoms in total. The van der Waals surface area contributed by atoms with E-state index in [1.54, 1.807) is 6.20 Å². The van der Waals surface area contributed by atoms with Crippen molar-refractivity contribution in [1.29, 1.82) is 5.41 Å². The fraction of sp³-hybridized carbons (Fsp3) is 0.471. The van der Waals surface area contributed by atoms with Crippen LogP contribution in [0.4, 0.5) is 0 Å². The molecule has 2 aliphatic rings. The number of likely N-dealkylation sites (tertiary alicyclic amines) is 1. The molecule has 1 aliphatic carbocycles. The molecule has 1 heterocycles. The molecule has 0 amide bonds. The molecule has 2 fully saturated rings. The van der Waals surface area contributed by atoms with Crippen molar-refractivity contribution in [3.8, 4) is 0 Å². The molecule has 0 bridgehead atoms. The van der Waals surface area contributed by atoms with E-state index < -0.39 is 0 Å². The van der Waals surface area contributed by atoms with E-state index in [0.717, 1.165) is 36.2 Å². The minimum Gasteiger partial charge on any atom is -0.404 e. The fourth-order valence-electron chi connectivity index (χ4n) is 3.75. The monoisotopic (exact) mass is 269 g/mol. The molecule has 106 valence electrons. The van der Waals surface area contributed by atoms with E-state index in [2.05, 4.69) is 4.90 Å². The van der Waals surface area contributed by atoms with Gasteiger partial charge in [-0.2, -0.15) is 0 Å². The second kappa shape index (κ2) is 5.80. The van der Waals surface area contributed by atoms with E-state index in [9.17, 15) is 0 Å². The molecule has 0 radical (unpaired) electrons. The predicted octanol–water partition coefficient (Wildman–Crippen LogP) is 2.77. The Morgan fingerprint density at radius 3 is 2.80 bits per heavy atom. The van der Waals surface area contributed by atoms with Crippen LogP contribution >= 0.6 is 0 Å². The Morgan fingerprint density at radius 1 is 1.25 bits per heavy atom. The van der Waals surface area contributed by atoms with E-state index in [1.807, 2.05) is 30.3 Å². The highest BCUT2D eigenvalue weighted by Crippen LogP contribution is 2.37.